The first-order chi connectivity index (χ1) is 3.00. The summed E-state index contributed by atoms with van der Waals surface area (Å²) >= 11 is 3.89. The maximum atomic E-state index is 8.66. The van der Waals surface area contributed by atoms with Crippen molar-refractivity contribution in [3.8, 4) is 0 Å². The van der Waals surface area contributed by atoms with E-state index in [4.69, 9.17) is 19.2 Å². The first-order valence-corrected chi connectivity index (χ1v) is 4.08. The fourth-order valence-corrected chi connectivity index (χ4v) is 0. The third kappa shape index (κ3) is 191. The molecule has 0 aliphatic rings. The van der Waals surface area contributed by atoms with Crippen molar-refractivity contribution in [2.24, 2.45) is 0 Å². The molecular weight excluding hydrogens is 201 g/mol. The zero-order valence-corrected chi connectivity index (χ0v) is 8.96. The summed E-state index contributed by atoms with van der Waals surface area (Å²) in [6, 6.07) is 0. The maximum absolute atomic E-state index is 8.66. The second-order valence-corrected chi connectivity index (χ2v) is 1.41. The standard InChI is InChI=1S/2Li.H3O4P.SSi.S/c;;1-5(2,3)4;1-2;/h;;(H3,1,2,3,4);;/q2*+1;;+2;-2/p-2. The summed E-state index contributed by atoms with van der Waals surface area (Å²) in [6.45, 7) is 0. The van der Waals surface area contributed by atoms with Crippen LogP contribution in [0.4, 0.5) is 0 Å². The van der Waals surface area contributed by atoms with Crippen molar-refractivity contribution in [1.82, 2.24) is 0 Å². The van der Waals surface area contributed by atoms with Crippen LogP contribution in [0.2, 0.25) is 0 Å². The van der Waals surface area contributed by atoms with Crippen molar-refractivity contribution >= 4 is 41.9 Å². The topological polar surface area (TPSA) is 83.4 Å². The molecule has 0 spiro atoms. The second kappa shape index (κ2) is 17.3. The van der Waals surface area contributed by atoms with Crippen molar-refractivity contribution in [1.29, 1.82) is 0 Å². The average molecular weight is 202 g/mol. The minimum atomic E-state index is -5.14. The Morgan fingerprint density at radius 2 is 1.30 bits per heavy atom. The normalized spacial score (nSPS) is 6.50. The molecule has 0 fully saturated rings. The van der Waals surface area contributed by atoms with Crippen molar-refractivity contribution in [3.63, 3.8) is 0 Å². The van der Waals surface area contributed by atoms with Crippen molar-refractivity contribution in [2.45, 2.75) is 0 Å². The van der Waals surface area contributed by atoms with Crippen LogP contribution in [0, 0.1) is 0 Å². The van der Waals surface area contributed by atoms with E-state index in [0.717, 1.165) is 0 Å². The molecule has 0 amide bonds. The fourth-order valence-electron chi connectivity index (χ4n) is 0. The fraction of sp³-hybridized carbons (Fsp3) is 0. The van der Waals surface area contributed by atoms with Crippen LogP contribution in [-0.4, -0.2) is 13.8 Å². The summed E-state index contributed by atoms with van der Waals surface area (Å²) in [7, 11) is -2.58. The van der Waals surface area contributed by atoms with Crippen LogP contribution in [0.3, 0.4) is 0 Å². The van der Waals surface area contributed by atoms with Gasteiger partial charge in [0.15, 0.2) is 0 Å². The second-order valence-electron chi connectivity index (χ2n) is 0.469. The summed E-state index contributed by atoms with van der Waals surface area (Å²) < 4.78 is 8.66. The van der Waals surface area contributed by atoms with Gasteiger partial charge in [-0.3, -0.25) is 0 Å². The molecule has 0 unspecified atom stereocenters. The molecule has 0 aromatic heterocycles. The van der Waals surface area contributed by atoms with E-state index in [0.29, 0.717) is 0 Å². The molecule has 48 valence electrons. The molecule has 0 aliphatic heterocycles. The number of phosphoric acid groups is 1. The Morgan fingerprint density at radius 1 is 1.30 bits per heavy atom. The van der Waals surface area contributed by atoms with Gasteiger partial charge in [0.1, 0.15) is 0 Å². The Labute approximate surface area is 98.2 Å². The van der Waals surface area contributed by atoms with Gasteiger partial charge in [-0.2, -0.15) is 0 Å². The average Bonchev–Trinajstić information content (AvgIpc) is 1.36. The number of hydrogen-bond donors (Lipinski definition) is 1. The molecule has 0 aromatic carbocycles. The van der Waals surface area contributed by atoms with Crippen LogP contribution in [0.25, 0.3) is 0 Å². The van der Waals surface area contributed by atoms with E-state index < -0.39 is 7.82 Å². The van der Waals surface area contributed by atoms with Gasteiger partial charge in [-0.1, -0.05) is 0 Å². The van der Waals surface area contributed by atoms with Gasteiger partial charge >= 0.3 is 58.3 Å². The van der Waals surface area contributed by atoms with Gasteiger partial charge in [0.2, 0.25) is 0 Å². The van der Waals surface area contributed by atoms with Crippen LogP contribution in [0.15, 0.2) is 0 Å². The van der Waals surface area contributed by atoms with E-state index in [1.54, 1.807) is 0 Å². The Balaban J connectivity index is -0.0000000154. The van der Waals surface area contributed by atoms with Crippen molar-refractivity contribution in [3.05, 3.63) is 0 Å². The zero-order chi connectivity index (χ0) is 6.50. The molecule has 0 aromatic rings. The van der Waals surface area contributed by atoms with Gasteiger partial charge in [-0.25, -0.2) is 0 Å². The summed E-state index contributed by atoms with van der Waals surface area (Å²) in [5, 5.41) is 0. The molecular formula is HLi2O4PS2Si. The van der Waals surface area contributed by atoms with Gasteiger partial charge < -0.3 is 32.7 Å². The van der Waals surface area contributed by atoms with Gasteiger partial charge in [-0.15, -0.1) is 0 Å². The third-order valence-corrected chi connectivity index (χ3v) is 0. The predicted octanol–water partition coefficient (Wildman–Crippen LogP) is -7.92. The van der Waals surface area contributed by atoms with Crippen molar-refractivity contribution in [2.75, 3.05) is 0 Å². The Hall–Kier alpha value is 2.09. The molecule has 0 rings (SSSR count). The molecule has 10 heavy (non-hydrogen) atoms. The minimum absolute atomic E-state index is 0. The van der Waals surface area contributed by atoms with Crippen LogP contribution >= 0.6 is 19.4 Å². The molecule has 4 nitrogen and oxygen atoms in total. The monoisotopic (exact) mass is 202 g/mol. The molecule has 0 saturated heterocycles. The van der Waals surface area contributed by atoms with Crippen LogP contribution in [-0.2, 0) is 18.1 Å². The van der Waals surface area contributed by atoms with Gasteiger partial charge in [0.25, 0.3) is 0 Å². The third-order valence-electron chi connectivity index (χ3n) is 0. The first-order valence-electron chi connectivity index (χ1n) is 0.952. The number of rotatable bonds is 0. The van der Waals surface area contributed by atoms with Gasteiger partial charge in [-0.05, 0) is 0 Å². The molecule has 0 atom stereocenters. The van der Waals surface area contributed by atoms with E-state index in [-0.39, 0.29) is 51.2 Å². The molecule has 0 radical (unpaired) electrons. The Bertz CT molecular complexity index is 77.1. The summed E-state index contributed by atoms with van der Waals surface area (Å²) in [4.78, 5) is 24.3. The molecule has 1 N–H and O–H groups in total. The van der Waals surface area contributed by atoms with Crippen LogP contribution < -0.4 is 47.5 Å². The zero-order valence-electron chi connectivity index (χ0n) is 5.44. The van der Waals surface area contributed by atoms with E-state index in [2.05, 4.69) is 20.6 Å². The molecule has 0 heterocycles. The first kappa shape index (κ1) is 29.6. The van der Waals surface area contributed by atoms with Gasteiger partial charge in [0, 0.05) is 0 Å². The van der Waals surface area contributed by atoms with Gasteiger partial charge in [0.05, 0.1) is 7.82 Å². The quantitative estimate of drug-likeness (QED) is 0.311. The summed E-state index contributed by atoms with van der Waals surface area (Å²) in [5.74, 6) is 0. The number of hydrogen-bond acceptors (Lipinski definition) is 4. The van der Waals surface area contributed by atoms with E-state index in [1.165, 1.54) is 0 Å². The summed E-state index contributed by atoms with van der Waals surface area (Å²) in [6.07, 6.45) is 0. The predicted molar refractivity (Wildman–Crippen MR) is 30.5 cm³/mol. The van der Waals surface area contributed by atoms with Crippen LogP contribution in [0.5, 0.6) is 0 Å². The van der Waals surface area contributed by atoms with Crippen LogP contribution in [0.1, 0.15) is 0 Å². The Morgan fingerprint density at radius 3 is 1.30 bits per heavy atom. The Kier molecular flexibility index (Phi) is 51.0. The SMILES string of the molecule is O=P([O-])([O-])O.[Li+].[Li+].[S-2].[Si+2]=S. The molecule has 0 saturated carbocycles. The van der Waals surface area contributed by atoms with Crippen molar-refractivity contribution < 1.29 is 57.0 Å². The molecule has 0 bridgehead atoms. The van der Waals surface area contributed by atoms with E-state index in [1.807, 2.05) is 0 Å². The van der Waals surface area contributed by atoms with E-state index in [9.17, 15) is 0 Å². The summed E-state index contributed by atoms with van der Waals surface area (Å²) in [5.41, 5.74) is 0. The van der Waals surface area contributed by atoms with E-state index >= 15 is 0 Å². The molecule has 10 heteroatoms. The molecule has 0 aliphatic carbocycles.